The molecular weight excluding hydrogens is 303 g/mol. The number of thiazole rings is 1. The summed E-state index contributed by atoms with van der Waals surface area (Å²) in [5, 5.41) is 1.73. The number of ether oxygens (including phenoxy) is 1. The standard InChI is InChI=1S/C13H8Cl2N2OS/c14-7-1-2-11-12(5-7)19-13(17-11)18-10-4-8(15)3-9(16)6-10/h1-6H,16H2. The summed E-state index contributed by atoms with van der Waals surface area (Å²) in [6.07, 6.45) is 0. The third-order valence-corrected chi connectivity index (χ3v) is 3.78. The summed E-state index contributed by atoms with van der Waals surface area (Å²) in [7, 11) is 0. The Morgan fingerprint density at radius 3 is 2.68 bits per heavy atom. The van der Waals surface area contributed by atoms with Crippen LogP contribution in [0.4, 0.5) is 5.69 Å². The molecule has 19 heavy (non-hydrogen) atoms. The molecule has 0 radical (unpaired) electrons. The van der Waals surface area contributed by atoms with E-state index in [2.05, 4.69) is 4.98 Å². The number of benzene rings is 2. The van der Waals surface area contributed by atoms with Crippen LogP contribution in [0, 0.1) is 0 Å². The molecule has 3 nitrogen and oxygen atoms in total. The van der Waals surface area contributed by atoms with Crippen molar-refractivity contribution in [2.45, 2.75) is 0 Å². The van der Waals surface area contributed by atoms with E-state index in [0.29, 0.717) is 26.7 Å². The van der Waals surface area contributed by atoms with Gasteiger partial charge in [-0.1, -0.05) is 34.5 Å². The number of hydrogen-bond donors (Lipinski definition) is 1. The van der Waals surface area contributed by atoms with Crippen LogP contribution in [0.25, 0.3) is 10.2 Å². The molecule has 0 saturated heterocycles. The van der Waals surface area contributed by atoms with Gasteiger partial charge in [-0.15, -0.1) is 0 Å². The minimum atomic E-state index is 0.527. The average Bonchev–Trinajstić information content (AvgIpc) is 2.68. The monoisotopic (exact) mass is 310 g/mol. The van der Waals surface area contributed by atoms with E-state index in [0.717, 1.165) is 10.2 Å². The Morgan fingerprint density at radius 2 is 1.89 bits per heavy atom. The Morgan fingerprint density at radius 1 is 1.05 bits per heavy atom. The van der Waals surface area contributed by atoms with Crippen LogP contribution >= 0.6 is 34.5 Å². The molecule has 0 spiro atoms. The van der Waals surface area contributed by atoms with Gasteiger partial charge in [0.15, 0.2) is 0 Å². The predicted octanol–water partition coefficient (Wildman–Crippen LogP) is 4.98. The van der Waals surface area contributed by atoms with E-state index in [4.69, 9.17) is 33.7 Å². The lowest BCUT2D eigenvalue weighted by atomic mass is 10.3. The van der Waals surface area contributed by atoms with Crippen molar-refractivity contribution in [3.8, 4) is 10.9 Å². The van der Waals surface area contributed by atoms with Crippen molar-refractivity contribution in [1.29, 1.82) is 0 Å². The number of aromatic nitrogens is 1. The number of nitrogens with two attached hydrogens (primary N) is 1. The maximum Gasteiger partial charge on any atom is 0.279 e. The van der Waals surface area contributed by atoms with E-state index in [-0.39, 0.29) is 0 Å². The number of nitrogens with zero attached hydrogens (tertiary/aromatic N) is 1. The molecule has 96 valence electrons. The van der Waals surface area contributed by atoms with E-state index < -0.39 is 0 Å². The first-order valence-corrected chi connectivity index (χ1v) is 6.97. The summed E-state index contributed by atoms with van der Waals surface area (Å²) < 4.78 is 6.63. The topological polar surface area (TPSA) is 48.1 Å². The highest BCUT2D eigenvalue weighted by Gasteiger charge is 2.07. The minimum absolute atomic E-state index is 0.527. The maximum absolute atomic E-state index is 5.93. The zero-order valence-electron chi connectivity index (χ0n) is 9.56. The molecular formula is C13H8Cl2N2OS. The summed E-state index contributed by atoms with van der Waals surface area (Å²) in [5.41, 5.74) is 7.10. The van der Waals surface area contributed by atoms with Gasteiger partial charge in [0.2, 0.25) is 0 Å². The first kappa shape index (κ1) is 12.5. The van der Waals surface area contributed by atoms with Crippen molar-refractivity contribution in [2.75, 3.05) is 5.73 Å². The Hall–Kier alpha value is -1.49. The molecule has 1 aromatic heterocycles. The Bertz CT molecular complexity index is 737. The average molecular weight is 311 g/mol. The molecule has 0 fully saturated rings. The van der Waals surface area contributed by atoms with E-state index in [1.165, 1.54) is 11.3 Å². The fraction of sp³-hybridized carbons (Fsp3) is 0. The van der Waals surface area contributed by atoms with Crippen LogP contribution in [0.15, 0.2) is 36.4 Å². The third kappa shape index (κ3) is 2.76. The van der Waals surface area contributed by atoms with Gasteiger partial charge in [-0.3, -0.25) is 0 Å². The molecule has 0 unspecified atom stereocenters. The maximum atomic E-state index is 5.93. The molecule has 0 aliphatic carbocycles. The molecule has 0 saturated carbocycles. The van der Waals surface area contributed by atoms with Crippen molar-refractivity contribution in [1.82, 2.24) is 4.98 Å². The second-order valence-electron chi connectivity index (χ2n) is 3.91. The largest absolute Gasteiger partial charge is 0.431 e. The van der Waals surface area contributed by atoms with Gasteiger partial charge in [0.05, 0.1) is 10.2 Å². The second kappa shape index (κ2) is 4.89. The van der Waals surface area contributed by atoms with Gasteiger partial charge in [-0.25, -0.2) is 4.98 Å². The summed E-state index contributed by atoms with van der Waals surface area (Å²) in [5.74, 6) is 0.565. The Balaban J connectivity index is 1.96. The van der Waals surface area contributed by atoms with E-state index in [9.17, 15) is 0 Å². The lowest BCUT2D eigenvalue weighted by molar-refractivity contribution is 0.480. The normalized spacial score (nSPS) is 10.8. The van der Waals surface area contributed by atoms with Gasteiger partial charge in [0, 0.05) is 21.8 Å². The first-order valence-electron chi connectivity index (χ1n) is 5.40. The van der Waals surface area contributed by atoms with Gasteiger partial charge in [-0.05, 0) is 30.3 Å². The first-order chi connectivity index (χ1) is 9.10. The van der Waals surface area contributed by atoms with Crippen molar-refractivity contribution in [2.24, 2.45) is 0 Å². The number of halogens is 2. The van der Waals surface area contributed by atoms with Crippen molar-refractivity contribution in [3.05, 3.63) is 46.4 Å². The van der Waals surface area contributed by atoms with Crippen LogP contribution in [0.1, 0.15) is 0 Å². The molecule has 0 atom stereocenters. The molecule has 2 N–H and O–H groups in total. The van der Waals surface area contributed by atoms with Crippen molar-refractivity contribution in [3.63, 3.8) is 0 Å². The zero-order chi connectivity index (χ0) is 13.4. The van der Waals surface area contributed by atoms with Gasteiger partial charge in [0.25, 0.3) is 5.19 Å². The van der Waals surface area contributed by atoms with Gasteiger partial charge < -0.3 is 10.5 Å². The molecule has 3 rings (SSSR count). The number of fused-ring (bicyclic) bond motifs is 1. The molecule has 0 aliphatic rings. The van der Waals surface area contributed by atoms with Gasteiger partial charge in [-0.2, -0.15) is 0 Å². The van der Waals surface area contributed by atoms with Crippen molar-refractivity contribution < 1.29 is 4.74 Å². The third-order valence-electron chi connectivity index (χ3n) is 2.43. The summed E-state index contributed by atoms with van der Waals surface area (Å²) in [6, 6.07) is 10.6. The fourth-order valence-corrected chi connectivity index (χ4v) is 3.01. The van der Waals surface area contributed by atoms with Gasteiger partial charge in [0.1, 0.15) is 5.75 Å². The van der Waals surface area contributed by atoms with Crippen LogP contribution in [-0.2, 0) is 0 Å². The quantitative estimate of drug-likeness (QED) is 0.679. The SMILES string of the molecule is Nc1cc(Cl)cc(Oc2nc3ccc(Cl)cc3s2)c1. The Labute approximate surface area is 123 Å². The smallest absolute Gasteiger partial charge is 0.279 e. The highest BCUT2D eigenvalue weighted by atomic mass is 35.5. The molecule has 0 aliphatic heterocycles. The van der Waals surface area contributed by atoms with Crippen LogP contribution < -0.4 is 10.5 Å². The molecule has 0 amide bonds. The van der Waals surface area contributed by atoms with E-state index in [1.54, 1.807) is 24.3 Å². The highest BCUT2D eigenvalue weighted by molar-refractivity contribution is 7.20. The van der Waals surface area contributed by atoms with E-state index >= 15 is 0 Å². The molecule has 3 aromatic rings. The van der Waals surface area contributed by atoms with Crippen LogP contribution in [0.2, 0.25) is 10.0 Å². The fourth-order valence-electron chi connectivity index (χ4n) is 1.67. The Kier molecular flexibility index (Phi) is 3.22. The van der Waals surface area contributed by atoms with Gasteiger partial charge >= 0.3 is 0 Å². The van der Waals surface area contributed by atoms with Crippen LogP contribution in [0.3, 0.4) is 0 Å². The number of hydrogen-bond acceptors (Lipinski definition) is 4. The number of rotatable bonds is 2. The zero-order valence-corrected chi connectivity index (χ0v) is 11.9. The summed E-state index contributed by atoms with van der Waals surface area (Å²) in [6.45, 7) is 0. The van der Waals surface area contributed by atoms with Crippen molar-refractivity contribution >= 4 is 50.4 Å². The molecule has 6 heteroatoms. The molecule has 0 bridgehead atoms. The lowest BCUT2D eigenvalue weighted by Gasteiger charge is -2.03. The lowest BCUT2D eigenvalue weighted by Crippen LogP contribution is -1.87. The number of anilines is 1. The molecule has 1 heterocycles. The number of nitrogen functional groups attached to an aromatic ring is 1. The molecule has 2 aromatic carbocycles. The van der Waals surface area contributed by atoms with E-state index in [1.807, 2.05) is 12.1 Å². The summed E-state index contributed by atoms with van der Waals surface area (Å²) in [4.78, 5) is 4.36. The second-order valence-corrected chi connectivity index (χ2v) is 5.78. The predicted molar refractivity (Wildman–Crippen MR) is 80.6 cm³/mol. The van der Waals surface area contributed by atoms with Crippen LogP contribution in [-0.4, -0.2) is 4.98 Å². The highest BCUT2D eigenvalue weighted by Crippen LogP contribution is 2.34. The minimum Gasteiger partial charge on any atom is -0.431 e. The van der Waals surface area contributed by atoms with Crippen LogP contribution in [0.5, 0.6) is 10.9 Å². The summed E-state index contributed by atoms with van der Waals surface area (Å²) >= 11 is 13.3.